The lowest BCUT2D eigenvalue weighted by molar-refractivity contribution is -0.175. The second-order valence-electron chi connectivity index (χ2n) is 15.2. The topological polar surface area (TPSA) is 188 Å². The van der Waals surface area contributed by atoms with Crippen LogP contribution < -0.4 is 20.1 Å². The number of benzene rings is 1. The Balaban J connectivity index is 1.13. The monoisotopic (exact) mass is 743 g/mol. The van der Waals surface area contributed by atoms with Crippen LogP contribution in [0.25, 0.3) is 0 Å². The number of unbranched alkanes of at least 4 members (excludes halogenated alkanes) is 1. The molecule has 1 aromatic rings. The van der Waals surface area contributed by atoms with E-state index in [4.69, 9.17) is 28.4 Å². The van der Waals surface area contributed by atoms with E-state index in [-0.39, 0.29) is 50.6 Å². The molecule has 1 aromatic carbocycles. The number of amides is 2. The molecule has 4 aliphatic rings. The molecule has 2 heterocycles. The summed E-state index contributed by atoms with van der Waals surface area (Å²) in [6.45, 7) is 9.20. The van der Waals surface area contributed by atoms with Crippen LogP contribution in [0.5, 0.6) is 11.5 Å². The highest BCUT2D eigenvalue weighted by Crippen LogP contribution is 2.65. The molecular formula is C38H53N3O12. The fourth-order valence-corrected chi connectivity index (χ4v) is 7.88. The Hall–Kier alpha value is -4.37. The summed E-state index contributed by atoms with van der Waals surface area (Å²) in [6, 6.07) is 2.60. The number of alkyl carbamates (subject to hydrolysis) is 1. The maximum atomic E-state index is 13.3. The molecule has 5 rings (SSSR count). The molecule has 0 saturated carbocycles. The first kappa shape index (κ1) is 39.8. The molecular weight excluding hydrogens is 690 g/mol. The Morgan fingerprint density at radius 1 is 1.13 bits per heavy atom. The zero-order valence-electron chi connectivity index (χ0n) is 31.7. The average Bonchev–Trinajstić information content (AvgIpc) is 3.44. The van der Waals surface area contributed by atoms with Crippen LogP contribution >= 0.6 is 0 Å². The van der Waals surface area contributed by atoms with Gasteiger partial charge in [-0.15, -0.1) is 0 Å². The number of aliphatic hydroxyl groups is 1. The maximum absolute atomic E-state index is 13.3. The first-order valence-electron chi connectivity index (χ1n) is 18.4. The van der Waals surface area contributed by atoms with Gasteiger partial charge in [0.2, 0.25) is 5.91 Å². The van der Waals surface area contributed by atoms with Gasteiger partial charge in [0.1, 0.15) is 17.4 Å². The normalized spacial score (nSPS) is 25.0. The number of esters is 3. The summed E-state index contributed by atoms with van der Waals surface area (Å²) in [5.74, 6) is -1.37. The summed E-state index contributed by atoms with van der Waals surface area (Å²) in [5, 5.41) is 17.4. The van der Waals surface area contributed by atoms with E-state index in [1.54, 1.807) is 34.0 Å². The van der Waals surface area contributed by atoms with E-state index in [2.05, 4.69) is 15.5 Å². The smallest absolute Gasteiger partial charge is 0.408 e. The molecule has 0 aromatic heterocycles. The van der Waals surface area contributed by atoms with E-state index < -0.39 is 64.8 Å². The largest absolute Gasteiger partial charge is 0.493 e. The third-order valence-corrected chi connectivity index (χ3v) is 10.4. The molecule has 2 aliphatic carbocycles. The van der Waals surface area contributed by atoms with Crippen molar-refractivity contribution in [3.05, 3.63) is 35.1 Å². The SMILES string of the molecule is CCCCOC(=O)[C@H](CCC(=O)NCCC(=O)O[C@@H](C)C(=O)OC1=CC[C@@]2(O)[C@H]3Cc4ccc(OC)c5c4[C@@]2(CCN3C)[C@H]1O5)NC(=O)OC(C)(C)C. The quantitative estimate of drug-likeness (QED) is 0.135. The summed E-state index contributed by atoms with van der Waals surface area (Å²) in [6.07, 6.45) is 1.30. The van der Waals surface area contributed by atoms with E-state index in [9.17, 15) is 29.1 Å². The average molecular weight is 744 g/mol. The van der Waals surface area contributed by atoms with E-state index in [1.165, 1.54) is 6.92 Å². The number of methoxy groups -OCH3 is 1. The number of nitrogens with zero attached hydrogens (tertiary/aromatic N) is 1. The minimum Gasteiger partial charge on any atom is -0.493 e. The van der Waals surface area contributed by atoms with Crippen molar-refractivity contribution in [3.8, 4) is 11.5 Å². The van der Waals surface area contributed by atoms with Crippen molar-refractivity contribution in [2.45, 2.75) is 127 Å². The van der Waals surface area contributed by atoms with Gasteiger partial charge in [0.15, 0.2) is 23.7 Å². The van der Waals surface area contributed by atoms with Crippen molar-refractivity contribution in [2.24, 2.45) is 0 Å². The Kier molecular flexibility index (Phi) is 12.0. The van der Waals surface area contributed by atoms with Gasteiger partial charge in [-0.2, -0.15) is 0 Å². The van der Waals surface area contributed by atoms with Crippen LogP contribution in [0.15, 0.2) is 24.0 Å². The van der Waals surface area contributed by atoms with Crippen molar-refractivity contribution >= 4 is 29.9 Å². The van der Waals surface area contributed by atoms with Crippen LogP contribution in [0.1, 0.15) is 90.7 Å². The number of nitrogens with one attached hydrogen (secondary N) is 2. The van der Waals surface area contributed by atoms with Crippen molar-refractivity contribution in [1.29, 1.82) is 0 Å². The summed E-state index contributed by atoms with van der Waals surface area (Å²) in [5.41, 5.74) is -0.845. The highest BCUT2D eigenvalue weighted by atomic mass is 16.6. The third kappa shape index (κ3) is 8.10. The van der Waals surface area contributed by atoms with E-state index >= 15 is 0 Å². The number of hydrogen-bond donors (Lipinski definition) is 3. The number of carbonyl (C=O) groups excluding carboxylic acids is 5. The molecule has 6 atom stereocenters. The highest BCUT2D eigenvalue weighted by molar-refractivity contribution is 5.83. The van der Waals surface area contributed by atoms with Crippen molar-refractivity contribution in [1.82, 2.24) is 15.5 Å². The molecule has 1 fully saturated rings. The molecule has 53 heavy (non-hydrogen) atoms. The zero-order valence-corrected chi connectivity index (χ0v) is 31.7. The lowest BCUT2D eigenvalue weighted by Crippen LogP contribution is -2.74. The fourth-order valence-electron chi connectivity index (χ4n) is 7.88. The number of ether oxygens (including phenoxy) is 6. The van der Waals surface area contributed by atoms with Gasteiger partial charge in [0.25, 0.3) is 0 Å². The number of piperidine rings is 1. The molecule has 15 heteroatoms. The van der Waals surface area contributed by atoms with Gasteiger partial charge in [-0.25, -0.2) is 14.4 Å². The molecule has 3 N–H and O–H groups in total. The third-order valence-electron chi connectivity index (χ3n) is 10.4. The van der Waals surface area contributed by atoms with Crippen molar-refractivity contribution in [2.75, 3.05) is 33.9 Å². The van der Waals surface area contributed by atoms with Gasteiger partial charge >= 0.3 is 24.0 Å². The number of carbonyl (C=O) groups is 5. The molecule has 2 aliphatic heterocycles. The van der Waals surface area contributed by atoms with Gasteiger partial charge in [-0.1, -0.05) is 19.4 Å². The molecule has 15 nitrogen and oxygen atoms in total. The number of likely N-dealkylation sites (N-methyl/N-ethyl adjacent to an activating group) is 1. The Morgan fingerprint density at radius 2 is 1.89 bits per heavy atom. The number of likely N-dealkylation sites (tertiary alicyclic amines) is 1. The first-order valence-corrected chi connectivity index (χ1v) is 18.4. The van der Waals surface area contributed by atoms with Gasteiger partial charge in [0.05, 0.1) is 31.2 Å². The van der Waals surface area contributed by atoms with Crippen LogP contribution in [-0.4, -0.2) is 109 Å². The molecule has 1 saturated heterocycles. The lowest BCUT2D eigenvalue weighted by atomic mass is 9.50. The van der Waals surface area contributed by atoms with Gasteiger partial charge in [-0.3, -0.25) is 9.59 Å². The highest BCUT2D eigenvalue weighted by Gasteiger charge is 2.72. The summed E-state index contributed by atoms with van der Waals surface area (Å²) in [4.78, 5) is 65.6. The Bertz CT molecular complexity index is 1620. The first-order chi connectivity index (χ1) is 25.0. The molecule has 0 unspecified atom stereocenters. The zero-order chi connectivity index (χ0) is 38.7. The summed E-state index contributed by atoms with van der Waals surface area (Å²) in [7, 11) is 3.56. The number of rotatable bonds is 15. The van der Waals surface area contributed by atoms with Crippen LogP contribution in [0.4, 0.5) is 4.79 Å². The van der Waals surface area contributed by atoms with Crippen molar-refractivity contribution < 1.29 is 57.5 Å². The second kappa shape index (κ2) is 15.9. The molecule has 292 valence electrons. The maximum Gasteiger partial charge on any atom is 0.408 e. The van der Waals surface area contributed by atoms with E-state index in [0.29, 0.717) is 37.3 Å². The molecule has 2 bridgehead atoms. The van der Waals surface area contributed by atoms with Crippen LogP contribution in [0, 0.1) is 0 Å². The minimum absolute atomic E-state index is 0.0564. The fraction of sp³-hybridized carbons (Fsp3) is 0.658. The predicted molar refractivity (Wildman–Crippen MR) is 189 cm³/mol. The summed E-state index contributed by atoms with van der Waals surface area (Å²) >= 11 is 0. The van der Waals surface area contributed by atoms with Crippen LogP contribution in [-0.2, 0) is 50.0 Å². The minimum atomic E-state index is -1.28. The standard InChI is InChI=1S/C38H53N3O12/c1-8-9-20-49-34(45)24(40-35(46)53-36(3,4)5)11-13-28(42)39-18-15-29(43)50-22(2)33(44)51-26-14-16-38(47)27-21-23-10-12-25(48-7)31-30(23)37(38,32(26)52-31)17-19-41(27)6/h10,12,14,22,24,27,32,47H,8-9,11,13,15-21H2,1-7H3,(H,39,42)(H,40,46)/t22-,24-,27+,32-,37-,38+/m0/s1. The van der Waals surface area contributed by atoms with Crippen molar-refractivity contribution in [3.63, 3.8) is 0 Å². The van der Waals surface area contributed by atoms with E-state index in [1.807, 2.05) is 26.1 Å². The number of hydrogen-bond acceptors (Lipinski definition) is 13. The van der Waals surface area contributed by atoms with Gasteiger partial charge in [0, 0.05) is 31.0 Å². The Morgan fingerprint density at radius 3 is 2.58 bits per heavy atom. The van der Waals surface area contributed by atoms with Crippen LogP contribution in [0.3, 0.4) is 0 Å². The molecule has 1 spiro atoms. The van der Waals surface area contributed by atoms with Gasteiger partial charge < -0.3 is 49.1 Å². The van der Waals surface area contributed by atoms with E-state index in [0.717, 1.165) is 17.5 Å². The van der Waals surface area contributed by atoms with Gasteiger partial charge in [-0.05, 0) is 84.7 Å². The lowest BCUT2D eigenvalue weighted by Gasteiger charge is -2.61. The molecule has 2 amide bonds. The predicted octanol–water partition coefficient (Wildman–Crippen LogP) is 2.97. The second-order valence-corrected chi connectivity index (χ2v) is 15.2. The summed E-state index contributed by atoms with van der Waals surface area (Å²) < 4.78 is 33.8. The Labute approximate surface area is 310 Å². The molecule has 0 radical (unpaired) electrons. The van der Waals surface area contributed by atoms with Crippen LogP contribution in [0.2, 0.25) is 0 Å².